The first-order valence-electron chi connectivity index (χ1n) is 12.4. The van der Waals surface area contributed by atoms with Crippen molar-refractivity contribution in [3.63, 3.8) is 0 Å². The Morgan fingerprint density at radius 2 is 1.94 bits per heavy atom. The molecule has 4 rings (SSSR count). The summed E-state index contributed by atoms with van der Waals surface area (Å²) in [5.41, 5.74) is 0.326. The van der Waals surface area contributed by atoms with Gasteiger partial charge in [0.2, 0.25) is 0 Å². The molecule has 0 radical (unpaired) electrons. The van der Waals surface area contributed by atoms with Crippen LogP contribution in [0.3, 0.4) is 0 Å². The molecule has 9 unspecified atom stereocenters. The zero-order valence-electron chi connectivity index (χ0n) is 19.7. The van der Waals surface area contributed by atoms with Gasteiger partial charge in [-0.1, -0.05) is 25.5 Å². The Kier molecular flexibility index (Phi) is 5.99. The minimum Gasteiger partial charge on any atom is -0.393 e. The number of hydrogen-bond acceptors (Lipinski definition) is 5. The molecule has 9 atom stereocenters. The van der Waals surface area contributed by atoms with Crippen molar-refractivity contribution in [1.29, 1.82) is 0 Å². The lowest BCUT2D eigenvalue weighted by Crippen LogP contribution is -2.58. The molecular formula is C26H42O5. The third-order valence-electron chi connectivity index (χ3n) is 9.71. The highest BCUT2D eigenvalue weighted by atomic mass is 16.3. The summed E-state index contributed by atoms with van der Waals surface area (Å²) in [7, 11) is 0. The molecule has 0 amide bonds. The lowest BCUT2D eigenvalue weighted by Gasteiger charge is -2.59. The van der Waals surface area contributed by atoms with Crippen LogP contribution in [0, 0.1) is 34.5 Å². The van der Waals surface area contributed by atoms with Gasteiger partial charge >= 0.3 is 0 Å². The molecular weight excluding hydrogens is 392 g/mol. The summed E-state index contributed by atoms with van der Waals surface area (Å²) in [6.07, 6.45) is 6.85. The first-order chi connectivity index (χ1) is 14.4. The third-order valence-corrected chi connectivity index (χ3v) is 9.71. The average Bonchev–Trinajstić information content (AvgIpc) is 3.00. The number of hydrogen-bond donors (Lipinski definition) is 4. The minimum atomic E-state index is -0.790. The van der Waals surface area contributed by atoms with Gasteiger partial charge < -0.3 is 20.4 Å². The van der Waals surface area contributed by atoms with E-state index in [1.54, 1.807) is 0 Å². The molecule has 0 aliphatic heterocycles. The number of aliphatic hydroxyl groups is 4. The van der Waals surface area contributed by atoms with E-state index in [9.17, 15) is 25.2 Å². The van der Waals surface area contributed by atoms with E-state index in [4.69, 9.17) is 0 Å². The number of fused-ring (bicyclic) bond motifs is 5. The van der Waals surface area contributed by atoms with E-state index in [-0.39, 0.29) is 34.4 Å². The van der Waals surface area contributed by atoms with Crippen molar-refractivity contribution in [2.45, 2.75) is 109 Å². The normalized spacial score (nSPS) is 46.1. The summed E-state index contributed by atoms with van der Waals surface area (Å²) in [6.45, 7) is 8.07. The van der Waals surface area contributed by atoms with Crippen LogP contribution in [0.15, 0.2) is 11.6 Å². The fourth-order valence-corrected chi connectivity index (χ4v) is 7.97. The van der Waals surface area contributed by atoms with E-state index in [1.807, 2.05) is 13.8 Å². The lowest BCUT2D eigenvalue weighted by molar-refractivity contribution is -0.161. The van der Waals surface area contributed by atoms with Crippen molar-refractivity contribution in [1.82, 2.24) is 0 Å². The van der Waals surface area contributed by atoms with Gasteiger partial charge in [-0.25, -0.2) is 0 Å². The van der Waals surface area contributed by atoms with Crippen LogP contribution in [-0.4, -0.2) is 50.1 Å². The van der Waals surface area contributed by atoms with Crippen LogP contribution >= 0.6 is 0 Å². The summed E-state index contributed by atoms with van der Waals surface area (Å²) in [5.74, 6) is 0.812. The first kappa shape index (κ1) is 23.4. The number of carbonyl (C=O) groups excluding carboxylic acids is 1. The van der Waals surface area contributed by atoms with Gasteiger partial charge in [-0.2, -0.15) is 0 Å². The van der Waals surface area contributed by atoms with Gasteiger partial charge in [0.15, 0.2) is 0 Å². The Morgan fingerprint density at radius 1 is 1.23 bits per heavy atom. The molecule has 3 fully saturated rings. The fourth-order valence-electron chi connectivity index (χ4n) is 7.97. The monoisotopic (exact) mass is 434 g/mol. The second kappa shape index (κ2) is 7.93. The fraction of sp³-hybridized carbons (Fsp3) is 0.885. The molecule has 0 heterocycles. The van der Waals surface area contributed by atoms with Gasteiger partial charge in [0.25, 0.3) is 0 Å². The van der Waals surface area contributed by atoms with E-state index < -0.39 is 23.9 Å². The highest BCUT2D eigenvalue weighted by molar-refractivity contribution is 5.84. The minimum absolute atomic E-state index is 0.0778. The Bertz CT molecular complexity index is 739. The Hall–Kier alpha value is -0.750. The van der Waals surface area contributed by atoms with E-state index in [1.165, 1.54) is 5.57 Å². The lowest BCUT2D eigenvalue weighted by atomic mass is 9.45. The molecule has 4 N–H and O–H groups in total. The standard InChI is InChI=1S/C26H42O5/c1-24(2,31)10-5-6-20(27)18-8-7-16-15-12-21(28)19-13-22(29)23(30)14-26(19,4)17(15)9-11-25(16,18)3/h7,15,17-20,22-23,27,29-31H,5-6,8-14H2,1-4H3. The maximum absolute atomic E-state index is 13.2. The Balaban J connectivity index is 1.51. The van der Waals surface area contributed by atoms with Crippen LogP contribution in [0.5, 0.6) is 0 Å². The second-order valence-electron chi connectivity index (χ2n) is 12.2. The maximum Gasteiger partial charge on any atom is 0.137 e. The zero-order chi connectivity index (χ0) is 22.8. The highest BCUT2D eigenvalue weighted by Gasteiger charge is 2.61. The molecule has 0 spiro atoms. The molecule has 0 aromatic heterocycles. The molecule has 176 valence electrons. The Morgan fingerprint density at radius 3 is 2.61 bits per heavy atom. The second-order valence-corrected chi connectivity index (χ2v) is 12.2. The van der Waals surface area contributed by atoms with E-state index >= 15 is 0 Å². The zero-order valence-corrected chi connectivity index (χ0v) is 19.7. The van der Waals surface area contributed by atoms with Gasteiger partial charge in [0.05, 0.1) is 23.9 Å². The van der Waals surface area contributed by atoms with Gasteiger partial charge in [-0.3, -0.25) is 4.79 Å². The SMILES string of the molecule is CC(C)(O)CCCC(O)C1CC=C2C3CC(=O)C4CC(O)C(O)CC4(C)C3CCC21C. The van der Waals surface area contributed by atoms with Crippen molar-refractivity contribution in [3.8, 4) is 0 Å². The quantitative estimate of drug-likeness (QED) is 0.497. The average molecular weight is 435 g/mol. The molecule has 4 aliphatic carbocycles. The molecule has 0 aromatic carbocycles. The number of carbonyl (C=O) groups is 1. The summed E-state index contributed by atoms with van der Waals surface area (Å²) in [4.78, 5) is 13.2. The largest absolute Gasteiger partial charge is 0.393 e. The number of allylic oxidation sites excluding steroid dienone is 2. The molecule has 3 saturated carbocycles. The third kappa shape index (κ3) is 3.94. The van der Waals surface area contributed by atoms with E-state index in [0.29, 0.717) is 38.0 Å². The molecule has 4 aliphatic rings. The van der Waals surface area contributed by atoms with Gasteiger partial charge in [0, 0.05) is 12.3 Å². The van der Waals surface area contributed by atoms with Crippen molar-refractivity contribution < 1.29 is 25.2 Å². The number of ketones is 1. The van der Waals surface area contributed by atoms with Gasteiger partial charge in [0.1, 0.15) is 5.78 Å². The molecule has 5 heteroatoms. The first-order valence-corrected chi connectivity index (χ1v) is 12.4. The van der Waals surface area contributed by atoms with Crippen LogP contribution < -0.4 is 0 Å². The van der Waals surface area contributed by atoms with E-state index in [0.717, 1.165) is 25.7 Å². The van der Waals surface area contributed by atoms with Crippen LogP contribution in [0.4, 0.5) is 0 Å². The van der Waals surface area contributed by atoms with Crippen LogP contribution in [0.1, 0.15) is 85.5 Å². The summed E-state index contributed by atoms with van der Waals surface area (Å²) < 4.78 is 0. The summed E-state index contributed by atoms with van der Waals surface area (Å²) >= 11 is 0. The highest BCUT2D eigenvalue weighted by Crippen LogP contribution is 2.65. The van der Waals surface area contributed by atoms with Crippen molar-refractivity contribution in [2.24, 2.45) is 34.5 Å². The summed E-state index contributed by atoms with van der Waals surface area (Å²) in [6, 6.07) is 0. The smallest absolute Gasteiger partial charge is 0.137 e. The van der Waals surface area contributed by atoms with Crippen LogP contribution in [-0.2, 0) is 4.79 Å². The van der Waals surface area contributed by atoms with Crippen LogP contribution in [0.2, 0.25) is 0 Å². The summed E-state index contributed by atoms with van der Waals surface area (Å²) in [5, 5.41) is 41.7. The van der Waals surface area contributed by atoms with Crippen molar-refractivity contribution in [3.05, 3.63) is 11.6 Å². The van der Waals surface area contributed by atoms with Crippen molar-refractivity contribution >= 4 is 5.78 Å². The topological polar surface area (TPSA) is 98.0 Å². The number of Topliss-reactive ketones (excluding diaryl/α,β-unsaturated/α-hetero) is 1. The Labute approximate surface area is 186 Å². The van der Waals surface area contributed by atoms with Crippen molar-refractivity contribution in [2.75, 3.05) is 0 Å². The molecule has 0 aromatic rings. The maximum atomic E-state index is 13.2. The van der Waals surface area contributed by atoms with E-state index in [2.05, 4.69) is 19.9 Å². The van der Waals surface area contributed by atoms with Gasteiger partial charge in [-0.15, -0.1) is 0 Å². The number of rotatable bonds is 5. The van der Waals surface area contributed by atoms with Gasteiger partial charge in [-0.05, 0) is 93.8 Å². The molecule has 0 bridgehead atoms. The predicted molar refractivity (Wildman–Crippen MR) is 119 cm³/mol. The number of aliphatic hydroxyl groups excluding tert-OH is 3. The molecule has 31 heavy (non-hydrogen) atoms. The molecule has 5 nitrogen and oxygen atoms in total. The van der Waals surface area contributed by atoms with Crippen LogP contribution in [0.25, 0.3) is 0 Å². The predicted octanol–water partition coefficient (Wildman–Crippen LogP) is 3.38. The molecule has 0 saturated heterocycles.